The Hall–Kier alpha value is -2.99. The molecule has 27 heavy (non-hydrogen) atoms. The monoisotopic (exact) mass is 370 g/mol. The molecule has 0 unspecified atom stereocenters. The number of aliphatic hydroxyl groups is 1. The lowest BCUT2D eigenvalue weighted by atomic mass is 9.93. The number of benzene rings is 2. The van der Waals surface area contributed by atoms with E-state index in [9.17, 15) is 19.5 Å². The number of ether oxygens (including phenoxy) is 2. The number of hydrogen-bond acceptors (Lipinski definition) is 6. The summed E-state index contributed by atoms with van der Waals surface area (Å²) < 4.78 is 9.49. The minimum Gasteiger partial charge on any atom is -0.463 e. The number of carbonyl (C=O) groups is 3. The summed E-state index contributed by atoms with van der Waals surface area (Å²) in [5.41, 5.74) is -0.493. The van der Waals surface area contributed by atoms with Crippen molar-refractivity contribution in [3.05, 3.63) is 60.2 Å². The third kappa shape index (κ3) is 4.80. The molecule has 0 spiro atoms. The predicted molar refractivity (Wildman–Crippen MR) is 99.0 cm³/mol. The molecule has 1 N–H and O–H groups in total. The van der Waals surface area contributed by atoms with Crippen molar-refractivity contribution in [1.82, 2.24) is 0 Å². The quantitative estimate of drug-likeness (QED) is 0.437. The van der Waals surface area contributed by atoms with Crippen molar-refractivity contribution in [3.8, 4) is 11.1 Å². The fourth-order valence-electron chi connectivity index (χ4n) is 2.54. The van der Waals surface area contributed by atoms with Crippen molar-refractivity contribution in [2.45, 2.75) is 25.9 Å². The summed E-state index contributed by atoms with van der Waals surface area (Å²) >= 11 is 0. The molecule has 0 saturated carbocycles. The zero-order valence-electron chi connectivity index (χ0n) is 15.3. The Balaban J connectivity index is 2.21. The molecule has 0 atom stereocenters. The van der Waals surface area contributed by atoms with E-state index in [2.05, 4.69) is 0 Å². The van der Waals surface area contributed by atoms with Crippen molar-refractivity contribution in [3.63, 3.8) is 0 Å². The predicted octanol–water partition coefficient (Wildman–Crippen LogP) is 2.78. The number of carbonyl (C=O) groups excluding carboxylic acids is 3. The van der Waals surface area contributed by atoms with Gasteiger partial charge in [-0.2, -0.15) is 0 Å². The molecule has 0 heterocycles. The first-order chi connectivity index (χ1) is 12.9. The van der Waals surface area contributed by atoms with Gasteiger partial charge >= 0.3 is 11.9 Å². The third-order valence-corrected chi connectivity index (χ3v) is 3.96. The summed E-state index contributed by atoms with van der Waals surface area (Å²) in [4.78, 5) is 36.7. The highest BCUT2D eigenvalue weighted by Crippen LogP contribution is 2.22. The van der Waals surface area contributed by atoms with Gasteiger partial charge in [0.2, 0.25) is 0 Å². The average Bonchev–Trinajstić information content (AvgIpc) is 2.69. The summed E-state index contributed by atoms with van der Waals surface area (Å²) in [5.74, 6) is -2.96. The molecule has 2 rings (SSSR count). The maximum absolute atomic E-state index is 12.5. The lowest BCUT2D eigenvalue weighted by molar-refractivity contribution is -0.182. The van der Waals surface area contributed by atoms with Crippen molar-refractivity contribution >= 4 is 17.7 Å². The van der Waals surface area contributed by atoms with Crippen molar-refractivity contribution in [2.75, 3.05) is 13.2 Å². The van der Waals surface area contributed by atoms with Gasteiger partial charge in [-0.1, -0.05) is 54.6 Å². The molecule has 0 bridgehead atoms. The van der Waals surface area contributed by atoms with Gasteiger partial charge in [-0.25, -0.2) is 9.59 Å². The molecule has 0 amide bonds. The molecule has 2 aromatic carbocycles. The van der Waals surface area contributed by atoms with Gasteiger partial charge in [0.15, 0.2) is 5.78 Å². The topological polar surface area (TPSA) is 89.9 Å². The molecule has 0 fully saturated rings. The van der Waals surface area contributed by atoms with Crippen LogP contribution in [0.15, 0.2) is 54.6 Å². The van der Waals surface area contributed by atoms with E-state index in [4.69, 9.17) is 9.47 Å². The van der Waals surface area contributed by atoms with Crippen LogP contribution in [0.3, 0.4) is 0 Å². The molecule has 0 aliphatic carbocycles. The highest BCUT2D eigenvalue weighted by atomic mass is 16.6. The zero-order chi connectivity index (χ0) is 19.9. The summed E-state index contributed by atoms with van der Waals surface area (Å²) in [6.45, 7) is 2.99. The van der Waals surface area contributed by atoms with Crippen LogP contribution < -0.4 is 0 Å². The van der Waals surface area contributed by atoms with Gasteiger partial charge in [0.1, 0.15) is 0 Å². The molecule has 0 aromatic heterocycles. The smallest absolute Gasteiger partial charge is 0.350 e. The van der Waals surface area contributed by atoms with Crippen LogP contribution >= 0.6 is 0 Å². The normalized spacial score (nSPS) is 10.9. The van der Waals surface area contributed by atoms with Gasteiger partial charge in [-0.15, -0.1) is 0 Å². The maximum atomic E-state index is 12.5. The zero-order valence-corrected chi connectivity index (χ0v) is 15.3. The number of rotatable bonds is 8. The highest BCUT2D eigenvalue weighted by molar-refractivity contribution is 6.10. The summed E-state index contributed by atoms with van der Waals surface area (Å²) in [7, 11) is 0. The number of hydrogen-bond donors (Lipinski definition) is 1. The van der Waals surface area contributed by atoms with E-state index in [0.717, 1.165) is 11.1 Å². The fraction of sp³-hybridized carbons (Fsp3) is 0.286. The Morgan fingerprint density at radius 2 is 1.30 bits per heavy atom. The number of esters is 2. The van der Waals surface area contributed by atoms with Gasteiger partial charge in [0.05, 0.1) is 19.6 Å². The van der Waals surface area contributed by atoms with Crippen LogP contribution in [0.5, 0.6) is 0 Å². The Bertz CT molecular complexity index is 777. The van der Waals surface area contributed by atoms with E-state index < -0.39 is 29.7 Å². The van der Waals surface area contributed by atoms with E-state index in [1.165, 1.54) is 13.8 Å². The first-order valence-corrected chi connectivity index (χ1v) is 8.67. The van der Waals surface area contributed by atoms with Crippen LogP contribution in [0.2, 0.25) is 0 Å². The molecule has 2 aromatic rings. The largest absolute Gasteiger partial charge is 0.463 e. The minimum atomic E-state index is -2.67. The molecule has 6 heteroatoms. The molecule has 0 aliphatic heterocycles. The van der Waals surface area contributed by atoms with Crippen molar-refractivity contribution in [1.29, 1.82) is 0 Å². The lowest BCUT2D eigenvalue weighted by Crippen LogP contribution is -2.50. The van der Waals surface area contributed by atoms with Gasteiger partial charge in [0, 0.05) is 5.56 Å². The Labute approximate surface area is 157 Å². The fourth-order valence-corrected chi connectivity index (χ4v) is 2.54. The molecular weight excluding hydrogens is 348 g/mol. The first-order valence-electron chi connectivity index (χ1n) is 8.67. The van der Waals surface area contributed by atoms with Crippen LogP contribution in [0.25, 0.3) is 11.1 Å². The molecule has 0 saturated heterocycles. The van der Waals surface area contributed by atoms with Gasteiger partial charge < -0.3 is 14.6 Å². The van der Waals surface area contributed by atoms with Crippen LogP contribution in [-0.4, -0.2) is 41.6 Å². The second-order valence-electron chi connectivity index (χ2n) is 5.84. The Morgan fingerprint density at radius 1 is 0.815 bits per heavy atom. The van der Waals surface area contributed by atoms with Gasteiger partial charge in [-0.3, -0.25) is 4.79 Å². The average molecular weight is 370 g/mol. The molecule has 142 valence electrons. The van der Waals surface area contributed by atoms with E-state index in [1.807, 2.05) is 30.3 Å². The highest BCUT2D eigenvalue weighted by Gasteiger charge is 2.49. The molecule has 6 nitrogen and oxygen atoms in total. The first kappa shape index (κ1) is 20.3. The Kier molecular flexibility index (Phi) is 6.85. The summed E-state index contributed by atoms with van der Waals surface area (Å²) in [6, 6.07) is 16.3. The van der Waals surface area contributed by atoms with Crippen molar-refractivity contribution in [2.24, 2.45) is 0 Å². The van der Waals surface area contributed by atoms with E-state index >= 15 is 0 Å². The molecular formula is C21H22O6. The lowest BCUT2D eigenvalue weighted by Gasteiger charge is -2.22. The van der Waals surface area contributed by atoms with E-state index in [1.54, 1.807) is 24.3 Å². The second kappa shape index (κ2) is 9.09. The van der Waals surface area contributed by atoms with Gasteiger partial charge in [-0.05, 0) is 25.0 Å². The standard InChI is InChI=1S/C21H22O6/c1-3-26-19(23)21(25,20(24)27-4-2)14-18(22)17-12-10-16(11-13-17)15-8-6-5-7-9-15/h5-13,25H,3-4,14H2,1-2H3. The summed E-state index contributed by atoms with van der Waals surface area (Å²) in [5, 5.41) is 10.5. The second-order valence-corrected chi connectivity index (χ2v) is 5.84. The third-order valence-electron chi connectivity index (χ3n) is 3.96. The van der Waals surface area contributed by atoms with E-state index in [-0.39, 0.29) is 18.8 Å². The number of ketones is 1. The maximum Gasteiger partial charge on any atom is 0.350 e. The number of Topliss-reactive ketones (excluding diaryl/α,β-unsaturated/α-hetero) is 1. The van der Waals surface area contributed by atoms with Crippen molar-refractivity contribution < 1.29 is 29.0 Å². The van der Waals surface area contributed by atoms with Gasteiger partial charge in [0.25, 0.3) is 5.60 Å². The van der Waals surface area contributed by atoms with Crippen LogP contribution in [0.4, 0.5) is 0 Å². The SMILES string of the molecule is CCOC(=O)C(O)(CC(=O)c1ccc(-c2ccccc2)cc1)C(=O)OCC. The summed E-state index contributed by atoms with van der Waals surface area (Å²) in [6.07, 6.45) is -0.755. The van der Waals surface area contributed by atoms with Crippen LogP contribution in [0, 0.1) is 0 Å². The van der Waals surface area contributed by atoms with E-state index in [0.29, 0.717) is 0 Å². The van der Waals surface area contributed by atoms with Crippen LogP contribution in [0.1, 0.15) is 30.6 Å². The molecule has 0 aliphatic rings. The Morgan fingerprint density at radius 3 is 1.78 bits per heavy atom. The van der Waals surface area contributed by atoms with Crippen LogP contribution in [-0.2, 0) is 19.1 Å². The minimum absolute atomic E-state index is 0.0412. The molecule has 0 radical (unpaired) electrons.